The van der Waals surface area contributed by atoms with E-state index < -0.39 is 0 Å². The van der Waals surface area contributed by atoms with Gasteiger partial charge in [0.05, 0.1) is 6.26 Å². The quantitative estimate of drug-likeness (QED) is 0.574. The van der Waals surface area contributed by atoms with Gasteiger partial charge in [-0.1, -0.05) is 43.9 Å². The van der Waals surface area contributed by atoms with Crippen molar-refractivity contribution in [1.29, 1.82) is 0 Å². The fraction of sp³-hybridized carbons (Fsp3) is 0.250. The zero-order valence-corrected chi connectivity index (χ0v) is 11.3. The molecular formula is C16H21NO. The minimum atomic E-state index is 0.386. The summed E-state index contributed by atoms with van der Waals surface area (Å²) in [4.78, 5) is 0. The number of allylic oxidation sites excluding steroid dienone is 9. The van der Waals surface area contributed by atoms with Gasteiger partial charge < -0.3 is 10.4 Å². The van der Waals surface area contributed by atoms with Gasteiger partial charge in [0.25, 0.3) is 0 Å². The fourth-order valence-corrected chi connectivity index (χ4v) is 1.89. The minimum absolute atomic E-state index is 0.386. The maximum atomic E-state index is 8.65. The number of hydrogen-bond donors (Lipinski definition) is 2. The molecule has 0 radical (unpaired) electrons. The Balaban J connectivity index is 3.10. The first-order valence-electron chi connectivity index (χ1n) is 6.07. The van der Waals surface area contributed by atoms with Crippen LogP contribution in [0.25, 0.3) is 0 Å². The molecule has 0 fully saturated rings. The lowest BCUT2D eigenvalue weighted by Gasteiger charge is -2.10. The average molecular weight is 243 g/mol. The number of hydrogen-bond acceptors (Lipinski definition) is 2. The third-order valence-electron chi connectivity index (χ3n) is 3.19. The van der Waals surface area contributed by atoms with Gasteiger partial charge in [0.1, 0.15) is 0 Å². The van der Waals surface area contributed by atoms with Gasteiger partial charge in [-0.3, -0.25) is 0 Å². The molecule has 2 N–H and O–H groups in total. The lowest BCUT2D eigenvalue weighted by molar-refractivity contribution is 0.474. The predicted molar refractivity (Wildman–Crippen MR) is 77.9 cm³/mol. The zero-order chi connectivity index (χ0) is 13.5. The Kier molecular flexibility index (Phi) is 5.25. The van der Waals surface area contributed by atoms with Gasteiger partial charge >= 0.3 is 0 Å². The van der Waals surface area contributed by atoms with E-state index in [0.717, 1.165) is 11.8 Å². The fourth-order valence-electron chi connectivity index (χ4n) is 1.89. The van der Waals surface area contributed by atoms with Crippen molar-refractivity contribution < 1.29 is 5.11 Å². The van der Waals surface area contributed by atoms with Crippen molar-refractivity contribution in [3.8, 4) is 0 Å². The van der Waals surface area contributed by atoms with E-state index in [9.17, 15) is 0 Å². The summed E-state index contributed by atoms with van der Waals surface area (Å²) < 4.78 is 0. The van der Waals surface area contributed by atoms with E-state index in [-0.39, 0.29) is 0 Å². The Morgan fingerprint density at radius 3 is 2.39 bits per heavy atom. The van der Waals surface area contributed by atoms with E-state index >= 15 is 0 Å². The van der Waals surface area contributed by atoms with Gasteiger partial charge in [-0.25, -0.2) is 0 Å². The highest BCUT2D eigenvalue weighted by Crippen LogP contribution is 2.30. The average Bonchev–Trinajstić information content (AvgIpc) is 2.61. The van der Waals surface area contributed by atoms with Crippen molar-refractivity contribution in [2.24, 2.45) is 5.92 Å². The lowest BCUT2D eigenvalue weighted by Crippen LogP contribution is -2.09. The summed E-state index contributed by atoms with van der Waals surface area (Å²) in [6, 6.07) is 0. The summed E-state index contributed by atoms with van der Waals surface area (Å²) in [5.74, 6) is 0.386. The van der Waals surface area contributed by atoms with Crippen LogP contribution in [0, 0.1) is 5.92 Å². The molecule has 1 atom stereocenters. The third-order valence-corrected chi connectivity index (χ3v) is 3.19. The van der Waals surface area contributed by atoms with Gasteiger partial charge in [0.15, 0.2) is 0 Å². The molecule has 1 aliphatic heterocycles. The minimum Gasteiger partial charge on any atom is -0.516 e. The number of rotatable bonds is 4. The first kappa shape index (κ1) is 14.1. The zero-order valence-electron chi connectivity index (χ0n) is 11.3. The van der Waals surface area contributed by atoms with Gasteiger partial charge in [-0.05, 0) is 31.1 Å². The van der Waals surface area contributed by atoms with Crippen molar-refractivity contribution in [3.05, 3.63) is 71.8 Å². The molecule has 1 heterocycles. The highest BCUT2D eigenvalue weighted by Gasteiger charge is 2.22. The van der Waals surface area contributed by atoms with Crippen molar-refractivity contribution in [3.63, 3.8) is 0 Å². The van der Waals surface area contributed by atoms with Gasteiger partial charge in [0, 0.05) is 17.3 Å². The van der Waals surface area contributed by atoms with Crippen molar-refractivity contribution in [2.75, 3.05) is 0 Å². The predicted octanol–water partition coefficient (Wildman–Crippen LogP) is 4.14. The molecule has 0 spiro atoms. The van der Waals surface area contributed by atoms with Crippen LogP contribution >= 0.6 is 0 Å². The molecule has 0 aliphatic carbocycles. The second-order valence-electron chi connectivity index (χ2n) is 4.32. The maximum absolute atomic E-state index is 8.65. The molecule has 0 aromatic rings. The molecule has 0 aromatic carbocycles. The van der Waals surface area contributed by atoms with Crippen LogP contribution in [0.15, 0.2) is 71.8 Å². The normalized spacial score (nSPS) is 23.4. The van der Waals surface area contributed by atoms with Crippen LogP contribution in [0.1, 0.15) is 20.8 Å². The molecule has 0 saturated heterocycles. The summed E-state index contributed by atoms with van der Waals surface area (Å²) in [5.41, 5.74) is 4.86. The summed E-state index contributed by atoms with van der Waals surface area (Å²) >= 11 is 0. The van der Waals surface area contributed by atoms with E-state index in [2.05, 4.69) is 32.7 Å². The summed E-state index contributed by atoms with van der Waals surface area (Å²) in [7, 11) is 0. The van der Waals surface area contributed by atoms with Crippen molar-refractivity contribution >= 4 is 0 Å². The van der Waals surface area contributed by atoms with Crippen molar-refractivity contribution in [1.82, 2.24) is 5.32 Å². The van der Waals surface area contributed by atoms with E-state index in [1.165, 1.54) is 17.0 Å². The molecule has 0 saturated carbocycles. The van der Waals surface area contributed by atoms with Crippen molar-refractivity contribution in [2.45, 2.75) is 20.8 Å². The smallest absolute Gasteiger partial charge is 0.0791 e. The summed E-state index contributed by atoms with van der Waals surface area (Å²) in [6.45, 7) is 10.1. The Morgan fingerprint density at radius 2 is 1.89 bits per heavy atom. The Hall–Kier alpha value is -1.96. The molecule has 1 rings (SSSR count). The Labute approximate surface area is 109 Å². The molecule has 2 nitrogen and oxygen atoms in total. The molecule has 96 valence electrons. The standard InChI is InChI=1S/C16H21NO/c1-5-6-9-15(10-7-8-11-18)16-13(3)12(2)14(4)17-16/h5-11,13,17-18H,1H2,2-4H3/b9-6-,10-7+,11-8-,16-15-. The molecule has 2 heteroatoms. The highest BCUT2D eigenvalue weighted by molar-refractivity contribution is 5.44. The second kappa shape index (κ2) is 6.70. The Morgan fingerprint density at radius 1 is 1.22 bits per heavy atom. The van der Waals surface area contributed by atoms with Crippen LogP contribution in [0.4, 0.5) is 0 Å². The van der Waals surface area contributed by atoms with Gasteiger partial charge in [-0.2, -0.15) is 0 Å². The molecule has 0 amide bonds. The SMILES string of the molecule is C=C\C=C/C(/C=C/C=C\O)=C1/NC(C)=C(C)C1C. The summed E-state index contributed by atoms with van der Waals surface area (Å²) in [6.07, 6.45) is 12.1. The third kappa shape index (κ3) is 3.27. The van der Waals surface area contributed by atoms with Gasteiger partial charge in [0.2, 0.25) is 0 Å². The first-order valence-corrected chi connectivity index (χ1v) is 6.07. The topological polar surface area (TPSA) is 32.3 Å². The van der Waals surface area contributed by atoms with E-state index in [4.69, 9.17) is 5.11 Å². The molecule has 0 aromatic heterocycles. The number of aliphatic hydroxyl groups excluding tert-OH is 1. The van der Waals surface area contributed by atoms with E-state index in [1.54, 1.807) is 12.2 Å². The molecular weight excluding hydrogens is 222 g/mol. The van der Waals surface area contributed by atoms with Crippen LogP contribution in [-0.4, -0.2) is 5.11 Å². The van der Waals surface area contributed by atoms with Crippen LogP contribution in [0.2, 0.25) is 0 Å². The van der Waals surface area contributed by atoms with Crippen LogP contribution < -0.4 is 5.32 Å². The monoisotopic (exact) mass is 243 g/mol. The second-order valence-corrected chi connectivity index (χ2v) is 4.32. The van der Waals surface area contributed by atoms with E-state index in [0.29, 0.717) is 5.92 Å². The van der Waals surface area contributed by atoms with Crippen LogP contribution in [0.5, 0.6) is 0 Å². The molecule has 0 bridgehead atoms. The first-order chi connectivity index (χ1) is 8.61. The number of nitrogens with one attached hydrogen (secondary N) is 1. The maximum Gasteiger partial charge on any atom is 0.0791 e. The Bertz CT molecular complexity index is 461. The van der Waals surface area contributed by atoms with Crippen LogP contribution in [-0.2, 0) is 0 Å². The molecule has 1 aliphatic rings. The lowest BCUT2D eigenvalue weighted by atomic mass is 9.98. The van der Waals surface area contributed by atoms with Crippen LogP contribution in [0.3, 0.4) is 0 Å². The van der Waals surface area contributed by atoms with E-state index in [1.807, 2.05) is 24.3 Å². The molecule has 1 unspecified atom stereocenters. The number of aliphatic hydroxyl groups is 1. The largest absolute Gasteiger partial charge is 0.516 e. The summed E-state index contributed by atoms with van der Waals surface area (Å²) in [5, 5.41) is 12.1. The highest BCUT2D eigenvalue weighted by atomic mass is 16.2. The van der Waals surface area contributed by atoms with Gasteiger partial charge in [-0.15, -0.1) is 0 Å². The molecule has 18 heavy (non-hydrogen) atoms.